The number of hydrogen-bond acceptors (Lipinski definition) is 4. The molecule has 5 nitrogen and oxygen atoms in total. The molecule has 0 aliphatic carbocycles. The molecule has 0 aliphatic rings. The van der Waals surface area contributed by atoms with Gasteiger partial charge in [-0.15, -0.1) is 0 Å². The Bertz CT molecular complexity index is 762. The van der Waals surface area contributed by atoms with Gasteiger partial charge in [0.15, 0.2) is 0 Å². The van der Waals surface area contributed by atoms with Crippen molar-refractivity contribution in [3.05, 3.63) is 59.6 Å². The van der Waals surface area contributed by atoms with Crippen LogP contribution in [0.1, 0.15) is 6.92 Å². The Morgan fingerprint density at radius 2 is 1.96 bits per heavy atom. The van der Waals surface area contributed by atoms with Crippen LogP contribution < -0.4 is 20.1 Å². The molecule has 0 radical (unpaired) electrons. The topological polar surface area (TPSA) is 59.6 Å². The quantitative estimate of drug-likeness (QED) is 0.687. The van der Waals surface area contributed by atoms with Crippen LogP contribution in [0.3, 0.4) is 0 Å². The number of para-hydroxylation sites is 2. The van der Waals surface area contributed by atoms with Gasteiger partial charge in [0.25, 0.3) is 0 Å². The number of methoxy groups -OCH3 is 1. The molecule has 1 amide bonds. The first-order valence-electron chi connectivity index (χ1n) is 7.73. The number of amides is 1. The van der Waals surface area contributed by atoms with Gasteiger partial charge in [0.1, 0.15) is 18.1 Å². The summed E-state index contributed by atoms with van der Waals surface area (Å²) in [6.45, 7) is 6.17. The minimum atomic E-state index is -0.196. The average Bonchev–Trinajstić information content (AvgIpc) is 2.59. The summed E-state index contributed by atoms with van der Waals surface area (Å²) < 4.78 is 10.7. The third-order valence-electron chi connectivity index (χ3n) is 3.24. The van der Waals surface area contributed by atoms with Gasteiger partial charge in [0.05, 0.1) is 24.4 Å². The van der Waals surface area contributed by atoms with Crippen LogP contribution in [0.2, 0.25) is 5.02 Å². The highest BCUT2D eigenvalue weighted by molar-refractivity contribution is 6.32. The summed E-state index contributed by atoms with van der Waals surface area (Å²) in [6.07, 6.45) is 0. The molecule has 0 aliphatic heterocycles. The summed E-state index contributed by atoms with van der Waals surface area (Å²) in [6, 6.07) is 12.5. The van der Waals surface area contributed by atoms with E-state index < -0.39 is 0 Å². The second-order valence-corrected chi connectivity index (χ2v) is 5.90. The molecule has 0 saturated heterocycles. The molecule has 0 heterocycles. The van der Waals surface area contributed by atoms with Crippen LogP contribution in [0.15, 0.2) is 54.6 Å². The van der Waals surface area contributed by atoms with Crippen molar-refractivity contribution in [2.24, 2.45) is 0 Å². The number of nitrogens with one attached hydrogen (secondary N) is 2. The third-order valence-corrected chi connectivity index (χ3v) is 3.54. The zero-order chi connectivity index (χ0) is 18.2. The van der Waals surface area contributed by atoms with Crippen molar-refractivity contribution in [3.8, 4) is 11.5 Å². The first kappa shape index (κ1) is 18.7. The molecule has 0 unspecified atom stereocenters. The Kier molecular flexibility index (Phi) is 6.71. The maximum Gasteiger partial charge on any atom is 0.243 e. The molecule has 2 rings (SSSR count). The molecule has 2 aromatic carbocycles. The second kappa shape index (κ2) is 8.99. The molecule has 0 fully saturated rings. The average molecular weight is 361 g/mol. The number of benzene rings is 2. The van der Waals surface area contributed by atoms with E-state index in [1.807, 2.05) is 19.1 Å². The molecule has 0 atom stereocenters. The van der Waals surface area contributed by atoms with Crippen molar-refractivity contribution in [1.29, 1.82) is 0 Å². The fourth-order valence-electron chi connectivity index (χ4n) is 2.05. The van der Waals surface area contributed by atoms with Gasteiger partial charge in [0, 0.05) is 5.69 Å². The van der Waals surface area contributed by atoms with Gasteiger partial charge >= 0.3 is 0 Å². The molecule has 132 valence electrons. The molecular weight excluding hydrogens is 340 g/mol. The van der Waals surface area contributed by atoms with Crippen molar-refractivity contribution in [2.75, 3.05) is 30.9 Å². The Morgan fingerprint density at radius 3 is 2.64 bits per heavy atom. The predicted octanol–water partition coefficient (Wildman–Crippen LogP) is 4.35. The maximum atomic E-state index is 12.2. The van der Waals surface area contributed by atoms with Gasteiger partial charge in [0.2, 0.25) is 5.91 Å². The van der Waals surface area contributed by atoms with E-state index in [4.69, 9.17) is 21.1 Å². The maximum absolute atomic E-state index is 12.2. The molecule has 25 heavy (non-hydrogen) atoms. The third kappa shape index (κ3) is 5.72. The van der Waals surface area contributed by atoms with Crippen molar-refractivity contribution < 1.29 is 14.3 Å². The van der Waals surface area contributed by atoms with Crippen LogP contribution in [0.4, 0.5) is 11.4 Å². The van der Waals surface area contributed by atoms with Crippen molar-refractivity contribution >= 4 is 28.9 Å². The number of hydrogen-bond donors (Lipinski definition) is 2. The summed E-state index contributed by atoms with van der Waals surface area (Å²) in [5, 5.41) is 6.33. The van der Waals surface area contributed by atoms with Crippen molar-refractivity contribution in [2.45, 2.75) is 6.92 Å². The molecule has 2 N–H and O–H groups in total. The molecule has 0 saturated carbocycles. The van der Waals surface area contributed by atoms with E-state index in [-0.39, 0.29) is 12.5 Å². The number of anilines is 2. The van der Waals surface area contributed by atoms with Crippen molar-refractivity contribution in [1.82, 2.24) is 0 Å². The minimum Gasteiger partial charge on any atom is -0.495 e. The molecule has 2 aromatic rings. The number of carbonyl (C=O) groups excluding carboxylic acids is 1. The molecular formula is C19H21ClN2O3. The summed E-state index contributed by atoms with van der Waals surface area (Å²) in [4.78, 5) is 12.2. The molecule has 6 heteroatoms. The Hall–Kier alpha value is -2.66. The van der Waals surface area contributed by atoms with Crippen LogP contribution in [0.25, 0.3) is 0 Å². The largest absolute Gasteiger partial charge is 0.495 e. The minimum absolute atomic E-state index is 0.0947. The summed E-state index contributed by atoms with van der Waals surface area (Å²) >= 11 is 6.07. The van der Waals surface area contributed by atoms with Gasteiger partial charge in [-0.3, -0.25) is 4.79 Å². The number of rotatable bonds is 8. The summed E-state index contributed by atoms with van der Waals surface area (Å²) in [5.74, 6) is 0.991. The van der Waals surface area contributed by atoms with E-state index in [2.05, 4.69) is 17.2 Å². The van der Waals surface area contributed by atoms with E-state index in [1.165, 1.54) is 0 Å². The highest BCUT2D eigenvalue weighted by Gasteiger charge is 2.08. The lowest BCUT2D eigenvalue weighted by atomic mass is 10.2. The van der Waals surface area contributed by atoms with E-state index in [0.29, 0.717) is 28.8 Å². The predicted molar refractivity (Wildman–Crippen MR) is 102 cm³/mol. The lowest BCUT2D eigenvalue weighted by Crippen LogP contribution is -2.22. The van der Waals surface area contributed by atoms with Crippen LogP contribution >= 0.6 is 11.6 Å². The summed E-state index contributed by atoms with van der Waals surface area (Å²) in [5.41, 5.74) is 2.25. The molecule has 0 bridgehead atoms. The lowest BCUT2D eigenvalue weighted by Gasteiger charge is -2.13. The molecule has 0 aromatic heterocycles. The SMILES string of the molecule is C=C(C)COc1ccccc1NC(=O)CNc1ccc(OC)c(Cl)c1. The highest BCUT2D eigenvalue weighted by atomic mass is 35.5. The first-order valence-corrected chi connectivity index (χ1v) is 8.11. The first-order chi connectivity index (χ1) is 12.0. The number of carbonyl (C=O) groups is 1. The second-order valence-electron chi connectivity index (χ2n) is 5.49. The number of halogens is 1. The highest BCUT2D eigenvalue weighted by Crippen LogP contribution is 2.27. The summed E-state index contributed by atoms with van der Waals surface area (Å²) in [7, 11) is 1.55. The zero-order valence-electron chi connectivity index (χ0n) is 14.3. The van der Waals surface area contributed by atoms with Gasteiger partial charge in [-0.1, -0.05) is 30.3 Å². The van der Waals surface area contributed by atoms with E-state index >= 15 is 0 Å². The normalized spacial score (nSPS) is 10.0. The lowest BCUT2D eigenvalue weighted by molar-refractivity contribution is -0.114. The monoisotopic (exact) mass is 360 g/mol. The standard InChI is InChI=1S/C19H21ClN2O3/c1-13(2)12-25-18-7-5-4-6-16(18)22-19(23)11-21-14-8-9-17(24-3)15(20)10-14/h4-10,21H,1,11-12H2,2-3H3,(H,22,23). The van der Waals surface area contributed by atoms with Crippen LogP contribution in [0.5, 0.6) is 11.5 Å². The van der Waals surface area contributed by atoms with Gasteiger partial charge in [-0.05, 0) is 42.8 Å². The Morgan fingerprint density at radius 1 is 1.20 bits per heavy atom. The van der Waals surface area contributed by atoms with Crippen LogP contribution in [-0.2, 0) is 4.79 Å². The van der Waals surface area contributed by atoms with Gasteiger partial charge in [-0.25, -0.2) is 0 Å². The number of ether oxygens (including phenoxy) is 2. The van der Waals surface area contributed by atoms with Crippen LogP contribution in [0, 0.1) is 0 Å². The van der Waals surface area contributed by atoms with E-state index in [1.54, 1.807) is 37.4 Å². The zero-order valence-corrected chi connectivity index (χ0v) is 15.0. The Labute approximate surface area is 152 Å². The fourth-order valence-corrected chi connectivity index (χ4v) is 2.31. The smallest absolute Gasteiger partial charge is 0.243 e. The fraction of sp³-hybridized carbons (Fsp3) is 0.211. The molecule has 0 spiro atoms. The van der Waals surface area contributed by atoms with Gasteiger partial charge in [-0.2, -0.15) is 0 Å². The van der Waals surface area contributed by atoms with E-state index in [0.717, 1.165) is 11.3 Å². The van der Waals surface area contributed by atoms with Gasteiger partial charge < -0.3 is 20.1 Å². The van der Waals surface area contributed by atoms with Crippen LogP contribution in [-0.4, -0.2) is 26.2 Å². The van der Waals surface area contributed by atoms with E-state index in [9.17, 15) is 4.79 Å². The van der Waals surface area contributed by atoms with Crippen molar-refractivity contribution in [3.63, 3.8) is 0 Å². The Balaban J connectivity index is 1.94.